The van der Waals surface area contributed by atoms with E-state index in [-0.39, 0.29) is 12.1 Å². The van der Waals surface area contributed by atoms with Crippen molar-refractivity contribution >= 4 is 12.8 Å². The maximum absolute atomic E-state index is 10.1. The highest BCUT2D eigenvalue weighted by Crippen LogP contribution is 2.00. The van der Waals surface area contributed by atoms with Gasteiger partial charge >= 0.3 is 0 Å². The lowest BCUT2D eigenvalue weighted by Gasteiger charge is -2.17. The largest absolute Gasteiger partial charge is 0.356 e. The number of amides is 2. The van der Waals surface area contributed by atoms with Crippen molar-refractivity contribution in [2.75, 3.05) is 0 Å². The quantitative estimate of drug-likeness (QED) is 0.532. The van der Waals surface area contributed by atoms with Crippen LogP contribution in [0.3, 0.4) is 0 Å². The van der Waals surface area contributed by atoms with Gasteiger partial charge in [-0.2, -0.15) is 0 Å². The maximum atomic E-state index is 10.1. The van der Waals surface area contributed by atoms with Gasteiger partial charge in [0.25, 0.3) is 0 Å². The van der Waals surface area contributed by atoms with Crippen LogP contribution in [0, 0.1) is 0 Å². The predicted octanol–water partition coefficient (Wildman–Crippen LogP) is 0.0356. The first-order valence-corrected chi connectivity index (χ1v) is 4.14. The molecule has 0 aliphatic carbocycles. The standard InChI is InChI=1S/C8H16N2O2/c1-3-8(10-6-12)4-7(2)9-5-11/h5-8H,3-4H2,1-2H3,(H,9,11)(H,10,12). The van der Waals surface area contributed by atoms with Crippen molar-refractivity contribution in [1.82, 2.24) is 10.6 Å². The van der Waals surface area contributed by atoms with Crippen molar-refractivity contribution in [3.8, 4) is 0 Å². The molecule has 12 heavy (non-hydrogen) atoms. The molecule has 0 bridgehead atoms. The lowest BCUT2D eigenvalue weighted by atomic mass is 10.1. The van der Waals surface area contributed by atoms with Crippen molar-refractivity contribution < 1.29 is 9.59 Å². The second-order valence-electron chi connectivity index (χ2n) is 2.81. The Morgan fingerprint density at radius 2 is 1.83 bits per heavy atom. The zero-order chi connectivity index (χ0) is 9.40. The summed E-state index contributed by atoms with van der Waals surface area (Å²) in [4.78, 5) is 20.2. The minimum atomic E-state index is 0.111. The summed E-state index contributed by atoms with van der Waals surface area (Å²) < 4.78 is 0. The molecule has 0 aliphatic heterocycles. The minimum absolute atomic E-state index is 0.111. The van der Waals surface area contributed by atoms with Gasteiger partial charge in [0.05, 0.1) is 0 Å². The lowest BCUT2D eigenvalue weighted by molar-refractivity contribution is -0.110. The fourth-order valence-electron chi connectivity index (χ4n) is 1.06. The SMILES string of the molecule is CCC(CC(C)NC=O)NC=O. The van der Waals surface area contributed by atoms with Crippen LogP contribution in [0.1, 0.15) is 26.7 Å². The van der Waals surface area contributed by atoms with E-state index in [1.54, 1.807) is 0 Å². The summed E-state index contributed by atoms with van der Waals surface area (Å²) in [5.74, 6) is 0. The van der Waals surface area contributed by atoms with E-state index in [1.807, 2.05) is 13.8 Å². The Bertz CT molecular complexity index is 139. The van der Waals surface area contributed by atoms with Gasteiger partial charge in [-0.15, -0.1) is 0 Å². The number of rotatable bonds is 7. The first kappa shape index (κ1) is 10.9. The van der Waals surface area contributed by atoms with E-state index >= 15 is 0 Å². The van der Waals surface area contributed by atoms with Crippen LogP contribution in [-0.2, 0) is 9.59 Å². The average Bonchev–Trinajstić information content (AvgIpc) is 2.04. The predicted molar refractivity (Wildman–Crippen MR) is 46.6 cm³/mol. The molecule has 0 aromatic carbocycles. The average molecular weight is 172 g/mol. The molecular formula is C8H16N2O2. The van der Waals surface area contributed by atoms with Crippen molar-refractivity contribution in [3.05, 3.63) is 0 Å². The molecule has 70 valence electrons. The molecule has 2 unspecified atom stereocenters. The number of hydrogen-bond donors (Lipinski definition) is 2. The third kappa shape index (κ3) is 4.71. The van der Waals surface area contributed by atoms with Crippen LogP contribution in [-0.4, -0.2) is 24.9 Å². The lowest BCUT2D eigenvalue weighted by Crippen LogP contribution is -2.35. The molecule has 0 radical (unpaired) electrons. The van der Waals surface area contributed by atoms with Crippen LogP contribution < -0.4 is 10.6 Å². The van der Waals surface area contributed by atoms with E-state index in [0.29, 0.717) is 12.8 Å². The Hall–Kier alpha value is -1.06. The highest BCUT2D eigenvalue weighted by atomic mass is 16.1. The zero-order valence-electron chi connectivity index (χ0n) is 7.54. The minimum Gasteiger partial charge on any atom is -0.356 e. The Balaban J connectivity index is 3.67. The molecule has 4 nitrogen and oxygen atoms in total. The summed E-state index contributed by atoms with van der Waals surface area (Å²) in [6.07, 6.45) is 3.03. The normalized spacial score (nSPS) is 14.5. The Labute approximate surface area is 72.7 Å². The number of nitrogens with one attached hydrogen (secondary N) is 2. The van der Waals surface area contributed by atoms with Crippen molar-refractivity contribution in [2.24, 2.45) is 0 Å². The summed E-state index contributed by atoms with van der Waals surface area (Å²) >= 11 is 0. The monoisotopic (exact) mass is 172 g/mol. The summed E-state index contributed by atoms with van der Waals surface area (Å²) in [6.45, 7) is 3.90. The van der Waals surface area contributed by atoms with Crippen LogP contribution >= 0.6 is 0 Å². The van der Waals surface area contributed by atoms with Crippen molar-refractivity contribution in [3.63, 3.8) is 0 Å². The van der Waals surface area contributed by atoms with Crippen molar-refractivity contribution in [2.45, 2.75) is 38.8 Å². The first-order chi connectivity index (χ1) is 5.74. The zero-order valence-corrected chi connectivity index (χ0v) is 7.54. The molecule has 2 N–H and O–H groups in total. The van der Waals surface area contributed by atoms with Gasteiger partial charge in [0.15, 0.2) is 0 Å². The molecule has 2 atom stereocenters. The highest BCUT2D eigenvalue weighted by Gasteiger charge is 2.08. The van der Waals surface area contributed by atoms with Gasteiger partial charge in [-0.3, -0.25) is 9.59 Å². The van der Waals surface area contributed by atoms with Gasteiger partial charge in [-0.05, 0) is 19.8 Å². The number of carbonyl (C=O) groups is 2. The molecule has 0 saturated carbocycles. The molecule has 0 rings (SSSR count). The number of carbonyl (C=O) groups excluding carboxylic acids is 2. The molecule has 4 heteroatoms. The van der Waals surface area contributed by atoms with Crippen LogP contribution in [0.15, 0.2) is 0 Å². The van der Waals surface area contributed by atoms with Crippen LogP contribution in [0.5, 0.6) is 0 Å². The molecule has 0 saturated heterocycles. The van der Waals surface area contributed by atoms with E-state index in [4.69, 9.17) is 0 Å². The summed E-state index contributed by atoms with van der Waals surface area (Å²) in [5, 5.41) is 5.32. The second-order valence-corrected chi connectivity index (χ2v) is 2.81. The van der Waals surface area contributed by atoms with Gasteiger partial charge in [0.1, 0.15) is 0 Å². The van der Waals surface area contributed by atoms with Crippen LogP contribution in [0.25, 0.3) is 0 Å². The molecule has 0 aromatic rings. The highest BCUT2D eigenvalue weighted by molar-refractivity contribution is 5.47. The molecular weight excluding hydrogens is 156 g/mol. The Morgan fingerprint density at radius 1 is 1.25 bits per heavy atom. The fourth-order valence-corrected chi connectivity index (χ4v) is 1.06. The molecule has 0 heterocycles. The topological polar surface area (TPSA) is 58.2 Å². The van der Waals surface area contributed by atoms with Gasteiger partial charge in [-0.25, -0.2) is 0 Å². The fraction of sp³-hybridized carbons (Fsp3) is 0.750. The van der Waals surface area contributed by atoms with E-state index < -0.39 is 0 Å². The third-order valence-corrected chi connectivity index (χ3v) is 1.79. The van der Waals surface area contributed by atoms with E-state index in [9.17, 15) is 9.59 Å². The smallest absolute Gasteiger partial charge is 0.207 e. The van der Waals surface area contributed by atoms with Gasteiger partial charge in [0.2, 0.25) is 12.8 Å². The van der Waals surface area contributed by atoms with Gasteiger partial charge in [0, 0.05) is 12.1 Å². The molecule has 0 spiro atoms. The maximum Gasteiger partial charge on any atom is 0.207 e. The summed E-state index contributed by atoms with van der Waals surface area (Å²) in [5.41, 5.74) is 0. The van der Waals surface area contributed by atoms with Crippen molar-refractivity contribution in [1.29, 1.82) is 0 Å². The Kier molecular flexibility index (Phi) is 6.05. The summed E-state index contributed by atoms with van der Waals surface area (Å²) in [7, 11) is 0. The van der Waals surface area contributed by atoms with E-state index in [0.717, 1.165) is 12.8 Å². The number of hydrogen-bond acceptors (Lipinski definition) is 2. The van der Waals surface area contributed by atoms with Crippen LogP contribution in [0.4, 0.5) is 0 Å². The van der Waals surface area contributed by atoms with E-state index in [2.05, 4.69) is 10.6 Å². The molecule has 0 fully saturated rings. The second kappa shape index (κ2) is 6.64. The molecule has 2 amide bonds. The Morgan fingerprint density at radius 3 is 2.25 bits per heavy atom. The summed E-state index contributed by atoms with van der Waals surface area (Å²) in [6, 6.07) is 0.268. The van der Waals surface area contributed by atoms with Gasteiger partial charge in [-0.1, -0.05) is 6.92 Å². The molecule has 0 aromatic heterocycles. The van der Waals surface area contributed by atoms with Crippen LogP contribution in [0.2, 0.25) is 0 Å². The first-order valence-electron chi connectivity index (χ1n) is 4.14. The van der Waals surface area contributed by atoms with Gasteiger partial charge < -0.3 is 10.6 Å². The molecule has 0 aliphatic rings. The third-order valence-electron chi connectivity index (χ3n) is 1.79. The van der Waals surface area contributed by atoms with E-state index in [1.165, 1.54) is 0 Å².